The Balaban J connectivity index is 1.39. The Kier molecular flexibility index (Phi) is 7.22. The zero-order chi connectivity index (χ0) is 36.2. The summed E-state index contributed by atoms with van der Waals surface area (Å²) in [5.41, 5.74) is 13.3. The van der Waals surface area contributed by atoms with E-state index in [1.54, 1.807) is 12.1 Å². The minimum absolute atomic E-state index is 0.483. The number of benzene rings is 8. The van der Waals surface area contributed by atoms with Crippen molar-refractivity contribution in [3.8, 4) is 50.8 Å². The average molecular weight is 687 g/mol. The normalized spacial score (nSPS) is 11.3. The van der Waals surface area contributed by atoms with Gasteiger partial charge in [-0.25, -0.2) is 4.85 Å². The molecule has 0 radical (unpaired) electrons. The van der Waals surface area contributed by atoms with Gasteiger partial charge in [0.2, 0.25) is 0 Å². The van der Waals surface area contributed by atoms with E-state index in [1.165, 1.54) is 0 Å². The molecular weight excluding hydrogens is 657 g/mol. The van der Waals surface area contributed by atoms with Crippen molar-refractivity contribution in [2.45, 2.75) is 0 Å². The maximum absolute atomic E-state index is 10.6. The van der Waals surface area contributed by atoms with Gasteiger partial charge in [0.1, 0.15) is 0 Å². The van der Waals surface area contributed by atoms with Crippen LogP contribution < -0.4 is 0 Å². The van der Waals surface area contributed by atoms with Gasteiger partial charge in [0.25, 0.3) is 0 Å². The van der Waals surface area contributed by atoms with Crippen molar-refractivity contribution < 1.29 is 0 Å². The topological polar surface area (TPSA) is 38.0 Å². The first kappa shape index (κ1) is 31.1. The van der Waals surface area contributed by atoms with Crippen molar-refractivity contribution in [3.05, 3.63) is 199 Å². The quantitative estimate of drug-likeness (QED) is 0.166. The van der Waals surface area contributed by atoms with Crippen LogP contribution in [0, 0.1) is 17.9 Å². The molecule has 0 fully saturated rings. The molecule has 0 amide bonds. The van der Waals surface area contributed by atoms with Gasteiger partial charge in [-0.3, -0.25) is 0 Å². The van der Waals surface area contributed by atoms with Gasteiger partial charge < -0.3 is 9.13 Å². The summed E-state index contributed by atoms with van der Waals surface area (Å²) in [7, 11) is 0. The summed E-state index contributed by atoms with van der Waals surface area (Å²) in [6.07, 6.45) is 0. The van der Waals surface area contributed by atoms with Gasteiger partial charge in [-0.2, -0.15) is 5.26 Å². The highest BCUT2D eigenvalue weighted by molar-refractivity contribution is 6.18. The van der Waals surface area contributed by atoms with Crippen molar-refractivity contribution in [3.63, 3.8) is 0 Å². The van der Waals surface area contributed by atoms with E-state index >= 15 is 0 Å². The summed E-state index contributed by atoms with van der Waals surface area (Å²) in [4.78, 5) is 3.83. The predicted octanol–water partition coefficient (Wildman–Crippen LogP) is 13.3. The monoisotopic (exact) mass is 686 g/mol. The van der Waals surface area contributed by atoms with E-state index < -0.39 is 0 Å². The Morgan fingerprint density at radius 1 is 0.463 bits per heavy atom. The number of hydrogen-bond acceptors (Lipinski definition) is 1. The highest BCUT2D eigenvalue weighted by Gasteiger charge is 2.25. The molecule has 0 bridgehead atoms. The summed E-state index contributed by atoms with van der Waals surface area (Å²) in [6, 6.07) is 65.6. The third kappa shape index (κ3) is 4.83. The molecule has 4 nitrogen and oxygen atoms in total. The van der Waals surface area contributed by atoms with Gasteiger partial charge >= 0.3 is 0 Å². The lowest BCUT2D eigenvalue weighted by molar-refractivity contribution is 1.16. The highest BCUT2D eigenvalue weighted by Crippen LogP contribution is 2.46. The third-order valence-corrected chi connectivity index (χ3v) is 10.6. The van der Waals surface area contributed by atoms with Crippen molar-refractivity contribution in [1.29, 1.82) is 5.26 Å². The molecule has 0 aliphatic rings. The molecule has 0 aliphatic carbocycles. The van der Waals surface area contributed by atoms with E-state index in [1.807, 2.05) is 24.3 Å². The summed E-state index contributed by atoms with van der Waals surface area (Å²) in [6.45, 7) is 7.98. The van der Waals surface area contributed by atoms with Gasteiger partial charge in [0.05, 0.1) is 46.0 Å². The molecule has 0 unspecified atom stereocenters. The van der Waals surface area contributed by atoms with Crippen molar-refractivity contribution >= 4 is 49.3 Å². The van der Waals surface area contributed by atoms with Gasteiger partial charge in [-0.15, -0.1) is 0 Å². The smallest absolute Gasteiger partial charge is 0.187 e. The Morgan fingerprint density at radius 3 is 1.65 bits per heavy atom. The van der Waals surface area contributed by atoms with Crippen LogP contribution in [0.3, 0.4) is 0 Å². The summed E-state index contributed by atoms with van der Waals surface area (Å²) < 4.78 is 4.66. The molecule has 8 aromatic carbocycles. The standard InChI is InChI=1S/C50H30N4/c1-52-38-24-21-37(32-51)42(31-38)49-48(28-25-41-40-19-11-12-20-45(40)53(50(41)49)39-17-9-4-10-18-39)54-46-26-22-35(33-13-5-2-6-14-33)29-43(46)44-30-36(23-27-47(44)54)34-15-7-3-8-16-34/h2-31H. The van der Waals surface area contributed by atoms with Gasteiger partial charge in [0.15, 0.2) is 5.69 Å². The molecule has 0 N–H and O–H groups in total. The zero-order valence-electron chi connectivity index (χ0n) is 29.1. The van der Waals surface area contributed by atoms with Crippen LogP contribution in [0.5, 0.6) is 0 Å². The van der Waals surface area contributed by atoms with Crippen LogP contribution in [0.4, 0.5) is 5.69 Å². The van der Waals surface area contributed by atoms with E-state index in [2.05, 4.69) is 166 Å². The molecule has 2 aromatic heterocycles. The van der Waals surface area contributed by atoms with E-state index in [0.29, 0.717) is 11.3 Å². The number of para-hydroxylation sites is 2. The Hall–Kier alpha value is -7.66. The average Bonchev–Trinajstić information content (AvgIpc) is 3.76. The molecule has 0 saturated carbocycles. The molecule has 250 valence electrons. The fourth-order valence-corrected chi connectivity index (χ4v) is 8.15. The first-order valence-electron chi connectivity index (χ1n) is 17.9. The predicted molar refractivity (Wildman–Crippen MR) is 222 cm³/mol. The molecule has 0 saturated heterocycles. The first-order valence-corrected chi connectivity index (χ1v) is 17.9. The fraction of sp³-hybridized carbons (Fsp3) is 0. The van der Waals surface area contributed by atoms with Crippen LogP contribution in [-0.2, 0) is 0 Å². The van der Waals surface area contributed by atoms with Crippen molar-refractivity contribution in [1.82, 2.24) is 9.13 Å². The number of fused-ring (bicyclic) bond motifs is 6. The fourth-order valence-electron chi connectivity index (χ4n) is 8.15. The highest BCUT2D eigenvalue weighted by atomic mass is 15.0. The van der Waals surface area contributed by atoms with Gasteiger partial charge in [0, 0.05) is 32.8 Å². The van der Waals surface area contributed by atoms with Crippen LogP contribution in [-0.4, -0.2) is 9.13 Å². The Labute approximate surface area is 312 Å². The zero-order valence-corrected chi connectivity index (χ0v) is 29.1. The molecule has 2 heterocycles. The van der Waals surface area contributed by atoms with E-state index in [9.17, 15) is 5.26 Å². The molecular formula is C50H30N4. The van der Waals surface area contributed by atoms with E-state index in [-0.39, 0.29) is 0 Å². The van der Waals surface area contributed by atoms with Crippen molar-refractivity contribution in [2.24, 2.45) is 0 Å². The third-order valence-electron chi connectivity index (χ3n) is 10.6. The Bertz CT molecular complexity index is 3060. The van der Waals surface area contributed by atoms with Crippen molar-refractivity contribution in [2.75, 3.05) is 0 Å². The second-order valence-corrected chi connectivity index (χ2v) is 13.5. The summed E-state index contributed by atoms with van der Waals surface area (Å²) in [5, 5.41) is 15.1. The summed E-state index contributed by atoms with van der Waals surface area (Å²) in [5.74, 6) is 0. The molecule has 10 rings (SSSR count). The number of nitrogens with zero attached hydrogens (tertiary/aromatic N) is 4. The van der Waals surface area contributed by atoms with Crippen LogP contribution >= 0.6 is 0 Å². The number of hydrogen-bond donors (Lipinski definition) is 0. The van der Waals surface area contributed by atoms with Crippen LogP contribution in [0.15, 0.2) is 182 Å². The lowest BCUT2D eigenvalue weighted by Gasteiger charge is -2.19. The lowest BCUT2D eigenvalue weighted by atomic mass is 9.95. The first-order chi connectivity index (χ1) is 26.7. The summed E-state index contributed by atoms with van der Waals surface area (Å²) >= 11 is 0. The van der Waals surface area contributed by atoms with E-state index in [4.69, 9.17) is 6.57 Å². The minimum Gasteiger partial charge on any atom is -0.309 e. The van der Waals surface area contributed by atoms with Crippen LogP contribution in [0.1, 0.15) is 5.56 Å². The molecule has 0 atom stereocenters. The molecule has 0 spiro atoms. The second kappa shape index (κ2) is 12.5. The van der Waals surface area contributed by atoms with Gasteiger partial charge in [-0.1, -0.05) is 127 Å². The molecule has 0 aliphatic heterocycles. The largest absolute Gasteiger partial charge is 0.309 e. The second-order valence-electron chi connectivity index (χ2n) is 13.5. The number of nitriles is 1. The number of aromatic nitrogens is 2. The maximum atomic E-state index is 10.6. The maximum Gasteiger partial charge on any atom is 0.187 e. The Morgan fingerprint density at radius 2 is 1.04 bits per heavy atom. The van der Waals surface area contributed by atoms with Gasteiger partial charge in [-0.05, 0) is 82.4 Å². The van der Waals surface area contributed by atoms with Crippen LogP contribution in [0.2, 0.25) is 0 Å². The van der Waals surface area contributed by atoms with Crippen LogP contribution in [0.25, 0.3) is 93.2 Å². The molecule has 4 heteroatoms. The van der Waals surface area contributed by atoms with E-state index in [0.717, 1.165) is 88.4 Å². The molecule has 54 heavy (non-hydrogen) atoms. The SMILES string of the molecule is [C-]#[N+]c1ccc(C#N)c(-c2c(-n3c4ccc(-c5ccccc5)cc4c4cc(-c5ccccc5)ccc43)ccc3c4ccccc4n(-c4ccccc4)c23)c1. The lowest BCUT2D eigenvalue weighted by Crippen LogP contribution is -2.02. The molecule has 10 aromatic rings. The minimum atomic E-state index is 0.483. The number of rotatable bonds is 5.